The maximum atomic E-state index is 10.6. The number of rotatable bonds is 7. The molecule has 0 fully saturated rings. The van der Waals surface area contributed by atoms with Gasteiger partial charge in [0, 0.05) is 24.2 Å². The van der Waals surface area contributed by atoms with Gasteiger partial charge in [0.15, 0.2) is 0 Å². The molecule has 0 atom stereocenters. The number of pyridine rings is 1. The molecular formula is C18H18N2O3. The average molecular weight is 310 g/mol. The first-order valence-corrected chi connectivity index (χ1v) is 7.56. The van der Waals surface area contributed by atoms with Crippen LogP contribution >= 0.6 is 0 Å². The van der Waals surface area contributed by atoms with Gasteiger partial charge in [-0.15, -0.1) is 0 Å². The van der Waals surface area contributed by atoms with E-state index in [-0.39, 0.29) is 6.42 Å². The van der Waals surface area contributed by atoms with Gasteiger partial charge in [-0.3, -0.25) is 4.79 Å². The van der Waals surface area contributed by atoms with Crippen molar-refractivity contribution in [1.29, 1.82) is 0 Å². The van der Waals surface area contributed by atoms with Crippen molar-refractivity contribution in [3.8, 4) is 5.75 Å². The minimum Gasteiger partial charge on any atom is -0.492 e. The number of aliphatic carboxylic acids is 1. The summed E-state index contributed by atoms with van der Waals surface area (Å²) in [4.78, 5) is 14.9. The van der Waals surface area contributed by atoms with Gasteiger partial charge in [-0.05, 0) is 42.3 Å². The van der Waals surface area contributed by atoms with Crippen LogP contribution in [0.1, 0.15) is 12.0 Å². The van der Waals surface area contributed by atoms with Crippen molar-refractivity contribution in [2.75, 3.05) is 6.61 Å². The van der Waals surface area contributed by atoms with E-state index in [0.717, 1.165) is 28.9 Å². The Morgan fingerprint density at radius 1 is 1.17 bits per heavy atom. The molecule has 0 amide bonds. The van der Waals surface area contributed by atoms with Gasteiger partial charge in [0.1, 0.15) is 18.0 Å². The van der Waals surface area contributed by atoms with Crippen LogP contribution in [0.2, 0.25) is 0 Å². The fourth-order valence-electron chi connectivity index (χ4n) is 2.47. The summed E-state index contributed by atoms with van der Waals surface area (Å²) in [5.41, 5.74) is 1.96. The molecule has 0 aliphatic rings. The Balaban J connectivity index is 1.53. The van der Waals surface area contributed by atoms with E-state index in [2.05, 4.69) is 9.55 Å². The zero-order chi connectivity index (χ0) is 16.1. The van der Waals surface area contributed by atoms with Crippen LogP contribution in [0.15, 0.2) is 54.9 Å². The molecule has 3 rings (SSSR count). The zero-order valence-corrected chi connectivity index (χ0v) is 12.7. The molecule has 1 aromatic carbocycles. The van der Waals surface area contributed by atoms with Gasteiger partial charge in [-0.2, -0.15) is 0 Å². The summed E-state index contributed by atoms with van der Waals surface area (Å²) in [6.07, 6.45) is 4.48. The lowest BCUT2D eigenvalue weighted by atomic mass is 10.1. The fourth-order valence-corrected chi connectivity index (χ4v) is 2.47. The van der Waals surface area contributed by atoms with Crippen LogP contribution < -0.4 is 4.74 Å². The summed E-state index contributed by atoms with van der Waals surface area (Å²) >= 11 is 0. The molecule has 118 valence electrons. The van der Waals surface area contributed by atoms with Crippen LogP contribution in [0.5, 0.6) is 5.75 Å². The smallest absolute Gasteiger partial charge is 0.303 e. The number of ether oxygens (including phenoxy) is 1. The molecular weight excluding hydrogens is 292 g/mol. The zero-order valence-electron chi connectivity index (χ0n) is 12.7. The normalized spacial score (nSPS) is 10.8. The van der Waals surface area contributed by atoms with Gasteiger partial charge in [-0.25, -0.2) is 4.98 Å². The molecule has 5 nitrogen and oxygen atoms in total. The van der Waals surface area contributed by atoms with Crippen molar-refractivity contribution in [2.24, 2.45) is 0 Å². The molecule has 0 bridgehead atoms. The highest BCUT2D eigenvalue weighted by Crippen LogP contribution is 2.15. The Kier molecular flexibility index (Phi) is 4.57. The Morgan fingerprint density at radius 2 is 2.00 bits per heavy atom. The van der Waals surface area contributed by atoms with Crippen LogP contribution in [0.25, 0.3) is 11.0 Å². The molecule has 1 N–H and O–H groups in total. The quantitative estimate of drug-likeness (QED) is 0.728. The lowest BCUT2D eigenvalue weighted by molar-refractivity contribution is -0.136. The van der Waals surface area contributed by atoms with E-state index in [1.807, 2.05) is 48.7 Å². The SMILES string of the molecule is O=C(O)CCc1ccc(OCCn2ccc3cccnc32)cc1. The molecule has 23 heavy (non-hydrogen) atoms. The van der Waals surface area contributed by atoms with Crippen molar-refractivity contribution < 1.29 is 14.6 Å². The van der Waals surface area contributed by atoms with Gasteiger partial charge < -0.3 is 14.4 Å². The van der Waals surface area contributed by atoms with E-state index < -0.39 is 5.97 Å². The van der Waals surface area contributed by atoms with Gasteiger partial charge >= 0.3 is 5.97 Å². The largest absolute Gasteiger partial charge is 0.492 e. The Morgan fingerprint density at radius 3 is 2.78 bits per heavy atom. The maximum Gasteiger partial charge on any atom is 0.303 e. The Hall–Kier alpha value is -2.82. The summed E-state index contributed by atoms with van der Waals surface area (Å²) in [7, 11) is 0. The number of carboxylic acid groups (broad SMARTS) is 1. The van der Waals surface area contributed by atoms with E-state index in [1.165, 1.54) is 0 Å². The topological polar surface area (TPSA) is 64.3 Å². The summed E-state index contributed by atoms with van der Waals surface area (Å²) in [5, 5.41) is 9.80. The van der Waals surface area contributed by atoms with Crippen LogP contribution in [0, 0.1) is 0 Å². The molecule has 0 radical (unpaired) electrons. The van der Waals surface area contributed by atoms with E-state index in [4.69, 9.17) is 9.84 Å². The molecule has 0 saturated heterocycles. The van der Waals surface area contributed by atoms with E-state index in [1.54, 1.807) is 6.20 Å². The number of carboxylic acids is 1. The number of aromatic nitrogens is 2. The van der Waals surface area contributed by atoms with Crippen LogP contribution in [0.3, 0.4) is 0 Å². The molecule has 0 saturated carbocycles. The minimum absolute atomic E-state index is 0.147. The lowest BCUT2D eigenvalue weighted by Gasteiger charge is -2.08. The number of carbonyl (C=O) groups is 1. The van der Waals surface area contributed by atoms with Crippen molar-refractivity contribution in [3.63, 3.8) is 0 Å². The highest BCUT2D eigenvalue weighted by molar-refractivity contribution is 5.75. The van der Waals surface area contributed by atoms with Gasteiger partial charge in [0.05, 0.1) is 6.54 Å². The fraction of sp³-hybridized carbons (Fsp3) is 0.222. The van der Waals surface area contributed by atoms with Crippen molar-refractivity contribution in [1.82, 2.24) is 9.55 Å². The first-order valence-electron chi connectivity index (χ1n) is 7.56. The van der Waals surface area contributed by atoms with Crippen molar-refractivity contribution in [2.45, 2.75) is 19.4 Å². The number of nitrogens with zero attached hydrogens (tertiary/aromatic N) is 2. The lowest BCUT2D eigenvalue weighted by Crippen LogP contribution is -2.07. The highest BCUT2D eigenvalue weighted by atomic mass is 16.5. The van der Waals surface area contributed by atoms with E-state index >= 15 is 0 Å². The first kappa shape index (κ1) is 15.1. The molecule has 0 spiro atoms. The van der Waals surface area contributed by atoms with Gasteiger partial charge in [0.2, 0.25) is 0 Å². The molecule has 0 aliphatic carbocycles. The molecule has 3 aromatic rings. The van der Waals surface area contributed by atoms with Crippen molar-refractivity contribution in [3.05, 3.63) is 60.4 Å². The summed E-state index contributed by atoms with van der Waals surface area (Å²) < 4.78 is 7.81. The third-order valence-electron chi connectivity index (χ3n) is 3.67. The number of hydrogen-bond donors (Lipinski definition) is 1. The standard InChI is InChI=1S/C18H18N2O3/c21-17(22)8-5-14-3-6-16(7-4-14)23-13-12-20-11-9-15-2-1-10-19-18(15)20/h1-4,6-7,9-11H,5,8,12-13H2,(H,21,22). The predicted molar refractivity (Wildman–Crippen MR) is 87.6 cm³/mol. The van der Waals surface area contributed by atoms with E-state index in [0.29, 0.717) is 13.0 Å². The molecule has 2 aromatic heterocycles. The molecule has 2 heterocycles. The highest BCUT2D eigenvalue weighted by Gasteiger charge is 2.02. The molecule has 5 heteroatoms. The van der Waals surface area contributed by atoms with Crippen LogP contribution in [-0.4, -0.2) is 27.2 Å². The number of fused-ring (bicyclic) bond motifs is 1. The predicted octanol–water partition coefficient (Wildman–Crippen LogP) is 3.13. The second-order valence-corrected chi connectivity index (χ2v) is 5.31. The molecule has 0 aliphatic heterocycles. The Bertz CT molecular complexity index is 793. The van der Waals surface area contributed by atoms with Crippen molar-refractivity contribution >= 4 is 17.0 Å². The number of benzene rings is 1. The second kappa shape index (κ2) is 6.96. The van der Waals surface area contributed by atoms with Gasteiger partial charge in [-0.1, -0.05) is 12.1 Å². The van der Waals surface area contributed by atoms with Gasteiger partial charge in [0.25, 0.3) is 0 Å². The Labute approximate surface area is 134 Å². The monoisotopic (exact) mass is 310 g/mol. The van der Waals surface area contributed by atoms with Crippen LogP contribution in [0.4, 0.5) is 0 Å². The summed E-state index contributed by atoms with van der Waals surface area (Å²) in [6.45, 7) is 1.27. The third-order valence-corrected chi connectivity index (χ3v) is 3.67. The first-order chi connectivity index (χ1) is 11.2. The third kappa shape index (κ3) is 3.88. The van der Waals surface area contributed by atoms with E-state index in [9.17, 15) is 4.79 Å². The summed E-state index contributed by atoms with van der Waals surface area (Å²) in [5.74, 6) is 0.00591. The molecule has 0 unspecified atom stereocenters. The summed E-state index contributed by atoms with van der Waals surface area (Å²) in [6, 6.07) is 13.6. The van der Waals surface area contributed by atoms with Crippen LogP contribution in [-0.2, 0) is 17.8 Å². The minimum atomic E-state index is -0.780. The number of aryl methyl sites for hydroxylation is 1. The average Bonchev–Trinajstić information content (AvgIpc) is 2.97. The number of hydrogen-bond acceptors (Lipinski definition) is 3. The maximum absolute atomic E-state index is 10.6. The second-order valence-electron chi connectivity index (χ2n) is 5.31.